The predicted octanol–water partition coefficient (Wildman–Crippen LogP) is 1.88. The summed E-state index contributed by atoms with van der Waals surface area (Å²) < 4.78 is 1.67. The first-order valence-corrected chi connectivity index (χ1v) is 11.1. The van der Waals surface area contributed by atoms with E-state index in [2.05, 4.69) is 26.1 Å². The Morgan fingerprint density at radius 2 is 1.89 bits per heavy atom. The van der Waals surface area contributed by atoms with E-state index >= 15 is 0 Å². The van der Waals surface area contributed by atoms with E-state index in [4.69, 9.17) is 0 Å². The Morgan fingerprint density at radius 1 is 1.07 bits per heavy atom. The Bertz CT molecular complexity index is 863. The van der Waals surface area contributed by atoms with Crippen LogP contribution in [0.3, 0.4) is 0 Å². The molecule has 0 N–H and O–H groups in total. The van der Waals surface area contributed by atoms with Crippen molar-refractivity contribution in [2.24, 2.45) is 0 Å². The van der Waals surface area contributed by atoms with Crippen LogP contribution in [0.1, 0.15) is 46.3 Å². The van der Waals surface area contributed by atoms with Gasteiger partial charge in [0.15, 0.2) is 0 Å². The second-order valence-electron chi connectivity index (χ2n) is 8.09. The summed E-state index contributed by atoms with van der Waals surface area (Å²) in [6, 6.07) is 1.80. The van der Waals surface area contributed by atoms with Crippen LogP contribution in [0.2, 0.25) is 0 Å². The van der Waals surface area contributed by atoms with Crippen molar-refractivity contribution >= 4 is 11.3 Å². The summed E-state index contributed by atoms with van der Waals surface area (Å²) in [7, 11) is 0. The molecule has 1 aliphatic heterocycles. The van der Waals surface area contributed by atoms with Gasteiger partial charge in [0.25, 0.3) is 5.56 Å². The van der Waals surface area contributed by atoms with E-state index in [-0.39, 0.29) is 5.56 Å². The van der Waals surface area contributed by atoms with Crippen molar-refractivity contribution in [3.8, 4) is 0 Å². The van der Waals surface area contributed by atoms with Crippen LogP contribution in [-0.2, 0) is 25.9 Å². The maximum atomic E-state index is 12.2. The minimum Gasteiger partial charge on any atom is -0.299 e. The fourth-order valence-corrected chi connectivity index (χ4v) is 5.27. The molecule has 0 atom stereocenters. The minimum atomic E-state index is 0.0611. The molecule has 0 spiro atoms. The van der Waals surface area contributed by atoms with Gasteiger partial charge in [0, 0.05) is 62.3 Å². The van der Waals surface area contributed by atoms with E-state index in [0.717, 1.165) is 75.7 Å². The van der Waals surface area contributed by atoms with Crippen LogP contribution in [0.15, 0.2) is 17.1 Å². The van der Waals surface area contributed by atoms with Gasteiger partial charge in [-0.2, -0.15) is 5.10 Å². The maximum Gasteiger partial charge on any atom is 0.267 e. The van der Waals surface area contributed by atoms with Gasteiger partial charge in [-0.3, -0.25) is 14.6 Å². The summed E-state index contributed by atoms with van der Waals surface area (Å²) in [5.41, 5.74) is 2.36. The lowest BCUT2D eigenvalue weighted by Gasteiger charge is -2.34. The molecule has 5 rings (SSSR count). The number of aromatic nitrogens is 3. The summed E-state index contributed by atoms with van der Waals surface area (Å²) in [6.07, 6.45) is 7.91. The third-order valence-electron chi connectivity index (χ3n) is 5.99. The summed E-state index contributed by atoms with van der Waals surface area (Å²) in [5, 5.41) is 5.93. The lowest BCUT2D eigenvalue weighted by molar-refractivity contribution is 0.123. The van der Waals surface area contributed by atoms with Gasteiger partial charge in [0.2, 0.25) is 0 Å². The number of hydrogen-bond acceptors (Lipinski definition) is 6. The fraction of sp³-hybridized carbons (Fsp3) is 0.650. The summed E-state index contributed by atoms with van der Waals surface area (Å²) in [4.78, 5) is 23.2. The highest BCUT2D eigenvalue weighted by atomic mass is 32.1. The van der Waals surface area contributed by atoms with E-state index in [1.165, 1.54) is 22.7 Å². The highest BCUT2D eigenvalue weighted by molar-refractivity contribution is 7.11. The Hall–Kier alpha value is -1.57. The lowest BCUT2D eigenvalue weighted by atomic mass is 10.2. The van der Waals surface area contributed by atoms with Crippen molar-refractivity contribution in [2.75, 3.05) is 32.7 Å². The van der Waals surface area contributed by atoms with Gasteiger partial charge in [-0.15, -0.1) is 11.3 Å². The molecular formula is C20H27N5OS. The van der Waals surface area contributed by atoms with Gasteiger partial charge in [0.05, 0.1) is 17.2 Å². The average Bonchev–Trinajstić information content (AvgIpc) is 3.26. The third-order valence-corrected chi connectivity index (χ3v) is 7.14. The molecule has 1 saturated carbocycles. The van der Waals surface area contributed by atoms with Crippen LogP contribution >= 0.6 is 11.3 Å². The Labute approximate surface area is 163 Å². The maximum absolute atomic E-state index is 12.2. The van der Waals surface area contributed by atoms with Gasteiger partial charge >= 0.3 is 0 Å². The van der Waals surface area contributed by atoms with Crippen molar-refractivity contribution in [3.63, 3.8) is 0 Å². The van der Waals surface area contributed by atoms with Crippen LogP contribution < -0.4 is 5.56 Å². The van der Waals surface area contributed by atoms with Gasteiger partial charge < -0.3 is 0 Å². The molecule has 0 amide bonds. The fourth-order valence-electron chi connectivity index (χ4n) is 4.14. The summed E-state index contributed by atoms with van der Waals surface area (Å²) in [6.45, 7) is 6.94. The molecule has 27 heavy (non-hydrogen) atoms. The van der Waals surface area contributed by atoms with Crippen LogP contribution in [0.5, 0.6) is 0 Å². The van der Waals surface area contributed by atoms with Crippen molar-refractivity contribution in [2.45, 2.75) is 51.1 Å². The van der Waals surface area contributed by atoms with Gasteiger partial charge in [-0.25, -0.2) is 9.67 Å². The Kier molecular flexibility index (Phi) is 4.83. The largest absolute Gasteiger partial charge is 0.299 e. The topological polar surface area (TPSA) is 54.3 Å². The first kappa shape index (κ1) is 17.5. The van der Waals surface area contributed by atoms with Gasteiger partial charge in [-0.05, 0) is 37.7 Å². The predicted molar refractivity (Wildman–Crippen MR) is 106 cm³/mol. The highest BCUT2D eigenvalue weighted by Crippen LogP contribution is 2.41. The number of aryl methyl sites for hydroxylation is 2. The molecule has 2 aromatic rings. The molecule has 0 radical (unpaired) electrons. The highest BCUT2D eigenvalue weighted by Gasteiger charge is 2.27. The Morgan fingerprint density at radius 3 is 2.70 bits per heavy atom. The molecule has 144 valence electrons. The van der Waals surface area contributed by atoms with Crippen LogP contribution in [0.4, 0.5) is 0 Å². The van der Waals surface area contributed by atoms with Gasteiger partial charge in [0.1, 0.15) is 0 Å². The number of fused-ring (bicyclic) bond motifs is 1. The van der Waals surface area contributed by atoms with E-state index in [9.17, 15) is 4.79 Å². The minimum absolute atomic E-state index is 0.0611. The van der Waals surface area contributed by atoms with Crippen molar-refractivity contribution in [1.29, 1.82) is 0 Å². The molecule has 2 fully saturated rings. The molecule has 7 heteroatoms. The normalized spacial score (nSPS) is 20.9. The summed E-state index contributed by atoms with van der Waals surface area (Å²) in [5.74, 6) is 0.761. The molecule has 2 aliphatic carbocycles. The molecule has 3 aliphatic rings. The SMILES string of the molecule is O=c1cc2c(nn1CCN1CCN(Cc3cnc(C4CC4)s3)CC1)CCC2. The third kappa shape index (κ3) is 4.00. The first-order valence-electron chi connectivity index (χ1n) is 10.2. The molecule has 1 saturated heterocycles. The van der Waals surface area contributed by atoms with Crippen LogP contribution in [-0.4, -0.2) is 57.3 Å². The van der Waals surface area contributed by atoms with E-state index in [1.807, 2.05) is 11.3 Å². The van der Waals surface area contributed by atoms with E-state index in [0.29, 0.717) is 6.54 Å². The molecule has 0 unspecified atom stereocenters. The standard InChI is InChI=1S/C20H27N5OS/c26-19-12-16-2-1-3-18(16)22-25(19)11-10-23-6-8-24(9-7-23)14-17-13-21-20(27-17)15-4-5-15/h12-13,15H,1-11,14H2. The zero-order chi connectivity index (χ0) is 18.2. The van der Waals surface area contributed by atoms with Crippen molar-refractivity contribution in [3.05, 3.63) is 43.8 Å². The van der Waals surface area contributed by atoms with Crippen LogP contribution in [0, 0.1) is 0 Å². The monoisotopic (exact) mass is 385 g/mol. The van der Waals surface area contributed by atoms with Crippen LogP contribution in [0.25, 0.3) is 0 Å². The second kappa shape index (κ2) is 7.45. The quantitative estimate of drug-likeness (QED) is 0.760. The molecule has 0 aromatic carbocycles. The van der Waals surface area contributed by atoms with Crippen molar-refractivity contribution < 1.29 is 0 Å². The molecule has 0 bridgehead atoms. The molecule has 6 nitrogen and oxygen atoms in total. The molecular weight excluding hydrogens is 358 g/mol. The summed E-state index contributed by atoms with van der Waals surface area (Å²) >= 11 is 1.90. The average molecular weight is 386 g/mol. The number of rotatable bonds is 6. The molecule has 2 aromatic heterocycles. The lowest BCUT2D eigenvalue weighted by Crippen LogP contribution is -2.47. The number of hydrogen-bond donors (Lipinski definition) is 0. The zero-order valence-corrected chi connectivity index (χ0v) is 16.6. The molecule has 3 heterocycles. The number of piperazine rings is 1. The van der Waals surface area contributed by atoms with E-state index < -0.39 is 0 Å². The number of thiazole rings is 1. The second-order valence-corrected chi connectivity index (χ2v) is 9.23. The van der Waals surface area contributed by atoms with Crippen molar-refractivity contribution in [1.82, 2.24) is 24.6 Å². The number of nitrogens with zero attached hydrogens (tertiary/aromatic N) is 5. The van der Waals surface area contributed by atoms with E-state index in [1.54, 1.807) is 10.7 Å². The smallest absolute Gasteiger partial charge is 0.267 e. The first-order chi connectivity index (χ1) is 13.2. The Balaban J connectivity index is 1.10. The van der Waals surface area contributed by atoms with Gasteiger partial charge in [-0.1, -0.05) is 0 Å². The zero-order valence-electron chi connectivity index (χ0n) is 15.8.